The standard InChI is InChI=1S/C19H17ClN4O/c1-12-7-8-14(9-13(12)2)23-18-11-21-17(10-22-18)19(25)24-16-6-4-3-5-15(16)20/h3-11H,1-2H3,(H,22,23)(H,24,25). The third-order valence-corrected chi connectivity index (χ3v) is 4.12. The van der Waals surface area contributed by atoms with Crippen molar-refractivity contribution in [2.75, 3.05) is 10.6 Å². The van der Waals surface area contributed by atoms with Crippen molar-refractivity contribution in [3.8, 4) is 0 Å². The summed E-state index contributed by atoms with van der Waals surface area (Å²) in [5, 5.41) is 6.36. The van der Waals surface area contributed by atoms with Gasteiger partial charge in [-0.25, -0.2) is 9.97 Å². The highest BCUT2D eigenvalue weighted by molar-refractivity contribution is 6.33. The third-order valence-electron chi connectivity index (χ3n) is 3.79. The van der Waals surface area contributed by atoms with E-state index in [0.29, 0.717) is 16.5 Å². The normalized spacial score (nSPS) is 10.4. The van der Waals surface area contributed by atoms with Gasteiger partial charge in [-0.1, -0.05) is 29.8 Å². The Morgan fingerprint density at radius 3 is 2.48 bits per heavy atom. The van der Waals surface area contributed by atoms with E-state index in [0.717, 1.165) is 5.69 Å². The predicted octanol–water partition coefficient (Wildman–Crippen LogP) is 4.74. The summed E-state index contributed by atoms with van der Waals surface area (Å²) in [6, 6.07) is 13.1. The van der Waals surface area contributed by atoms with Gasteiger partial charge in [-0.05, 0) is 49.2 Å². The second-order valence-corrected chi connectivity index (χ2v) is 6.05. The number of carbonyl (C=O) groups is 1. The molecule has 0 atom stereocenters. The van der Waals surface area contributed by atoms with E-state index >= 15 is 0 Å². The molecule has 5 nitrogen and oxygen atoms in total. The Balaban J connectivity index is 1.70. The second kappa shape index (κ2) is 7.32. The van der Waals surface area contributed by atoms with Crippen molar-refractivity contribution < 1.29 is 4.79 Å². The lowest BCUT2D eigenvalue weighted by atomic mass is 10.1. The number of aromatic nitrogens is 2. The average molecular weight is 353 g/mol. The van der Waals surface area contributed by atoms with E-state index in [9.17, 15) is 4.79 Å². The molecule has 3 aromatic rings. The van der Waals surface area contributed by atoms with Gasteiger partial charge in [-0.2, -0.15) is 0 Å². The van der Waals surface area contributed by atoms with Crippen molar-refractivity contribution in [2.45, 2.75) is 13.8 Å². The Hall–Kier alpha value is -2.92. The zero-order chi connectivity index (χ0) is 17.8. The zero-order valence-corrected chi connectivity index (χ0v) is 14.6. The number of anilines is 3. The number of carbonyl (C=O) groups excluding carboxylic acids is 1. The summed E-state index contributed by atoms with van der Waals surface area (Å²) in [4.78, 5) is 20.6. The molecule has 0 aliphatic rings. The molecule has 2 aromatic carbocycles. The zero-order valence-electron chi connectivity index (χ0n) is 13.9. The molecular weight excluding hydrogens is 336 g/mol. The van der Waals surface area contributed by atoms with Crippen LogP contribution in [0.2, 0.25) is 5.02 Å². The van der Waals surface area contributed by atoms with Gasteiger partial charge in [0.25, 0.3) is 5.91 Å². The van der Waals surface area contributed by atoms with Crippen LogP contribution in [-0.4, -0.2) is 15.9 Å². The molecule has 3 rings (SSSR count). The maximum atomic E-state index is 12.2. The number of aryl methyl sites for hydroxylation is 2. The minimum Gasteiger partial charge on any atom is -0.339 e. The number of nitrogens with one attached hydrogen (secondary N) is 2. The van der Waals surface area contributed by atoms with Crippen LogP contribution in [0.3, 0.4) is 0 Å². The first-order chi connectivity index (χ1) is 12.0. The van der Waals surface area contributed by atoms with Gasteiger partial charge in [0.1, 0.15) is 11.5 Å². The van der Waals surface area contributed by atoms with Crippen molar-refractivity contribution in [3.63, 3.8) is 0 Å². The van der Waals surface area contributed by atoms with Crippen molar-refractivity contribution in [2.24, 2.45) is 0 Å². The summed E-state index contributed by atoms with van der Waals surface area (Å²) in [7, 11) is 0. The maximum absolute atomic E-state index is 12.2. The first-order valence-electron chi connectivity index (χ1n) is 7.75. The molecule has 0 spiro atoms. The van der Waals surface area contributed by atoms with Crippen molar-refractivity contribution in [1.82, 2.24) is 9.97 Å². The van der Waals surface area contributed by atoms with E-state index in [4.69, 9.17) is 11.6 Å². The molecule has 0 aliphatic carbocycles. The Morgan fingerprint density at radius 2 is 1.80 bits per heavy atom. The number of hydrogen-bond acceptors (Lipinski definition) is 4. The van der Waals surface area contributed by atoms with Crippen molar-refractivity contribution in [1.29, 1.82) is 0 Å². The summed E-state index contributed by atoms with van der Waals surface area (Å²) in [5.41, 5.74) is 4.08. The third kappa shape index (κ3) is 4.14. The van der Waals surface area contributed by atoms with E-state index in [-0.39, 0.29) is 11.6 Å². The quantitative estimate of drug-likeness (QED) is 0.711. The molecule has 0 fully saturated rings. The number of amides is 1. The molecule has 25 heavy (non-hydrogen) atoms. The number of para-hydroxylation sites is 1. The van der Waals surface area contributed by atoms with Crippen LogP contribution in [0.5, 0.6) is 0 Å². The molecule has 126 valence electrons. The first-order valence-corrected chi connectivity index (χ1v) is 8.13. The summed E-state index contributed by atoms with van der Waals surface area (Å²) in [5.74, 6) is 0.205. The van der Waals surface area contributed by atoms with Gasteiger partial charge in [0.05, 0.1) is 23.1 Å². The average Bonchev–Trinajstić information content (AvgIpc) is 2.61. The van der Waals surface area contributed by atoms with Crippen LogP contribution in [0.4, 0.5) is 17.2 Å². The number of hydrogen-bond donors (Lipinski definition) is 2. The Labute approximate surface area is 151 Å². The lowest BCUT2D eigenvalue weighted by Crippen LogP contribution is -2.14. The highest BCUT2D eigenvalue weighted by atomic mass is 35.5. The Morgan fingerprint density at radius 1 is 1.00 bits per heavy atom. The van der Waals surface area contributed by atoms with Crippen LogP contribution in [0.15, 0.2) is 54.9 Å². The molecule has 2 N–H and O–H groups in total. The lowest BCUT2D eigenvalue weighted by molar-refractivity contribution is 0.102. The summed E-state index contributed by atoms with van der Waals surface area (Å²) >= 11 is 6.03. The summed E-state index contributed by atoms with van der Waals surface area (Å²) < 4.78 is 0. The molecule has 0 saturated carbocycles. The van der Waals surface area contributed by atoms with Crippen LogP contribution >= 0.6 is 11.6 Å². The van der Waals surface area contributed by atoms with E-state index in [1.165, 1.54) is 23.5 Å². The van der Waals surface area contributed by atoms with Gasteiger partial charge in [-0.15, -0.1) is 0 Å². The van der Waals surface area contributed by atoms with Crippen LogP contribution in [0, 0.1) is 13.8 Å². The molecule has 0 bridgehead atoms. The van der Waals surface area contributed by atoms with E-state index in [1.807, 2.05) is 25.1 Å². The van der Waals surface area contributed by atoms with Gasteiger partial charge in [0.2, 0.25) is 0 Å². The highest BCUT2D eigenvalue weighted by Gasteiger charge is 2.10. The maximum Gasteiger partial charge on any atom is 0.275 e. The number of nitrogens with zero attached hydrogens (tertiary/aromatic N) is 2. The molecule has 0 unspecified atom stereocenters. The minimum atomic E-state index is -0.363. The minimum absolute atomic E-state index is 0.213. The monoisotopic (exact) mass is 352 g/mol. The molecular formula is C19H17ClN4O. The van der Waals surface area contributed by atoms with Gasteiger partial charge in [0.15, 0.2) is 0 Å². The molecule has 6 heteroatoms. The Bertz CT molecular complexity index is 910. The van der Waals surface area contributed by atoms with Crippen LogP contribution in [-0.2, 0) is 0 Å². The van der Waals surface area contributed by atoms with E-state index in [2.05, 4.69) is 27.5 Å². The summed E-state index contributed by atoms with van der Waals surface area (Å²) in [6.45, 7) is 4.11. The van der Waals surface area contributed by atoms with Crippen LogP contribution in [0.1, 0.15) is 21.6 Å². The van der Waals surface area contributed by atoms with Gasteiger partial charge >= 0.3 is 0 Å². The molecule has 0 saturated heterocycles. The predicted molar refractivity (Wildman–Crippen MR) is 101 cm³/mol. The molecule has 1 aromatic heterocycles. The fourth-order valence-corrected chi connectivity index (χ4v) is 2.41. The smallest absolute Gasteiger partial charge is 0.275 e. The lowest BCUT2D eigenvalue weighted by Gasteiger charge is -2.09. The molecule has 1 heterocycles. The van der Waals surface area contributed by atoms with Gasteiger partial charge in [-0.3, -0.25) is 4.79 Å². The van der Waals surface area contributed by atoms with E-state index < -0.39 is 0 Å². The fourth-order valence-electron chi connectivity index (χ4n) is 2.23. The number of benzene rings is 2. The molecule has 1 amide bonds. The van der Waals surface area contributed by atoms with Gasteiger partial charge < -0.3 is 10.6 Å². The van der Waals surface area contributed by atoms with Crippen molar-refractivity contribution in [3.05, 3.63) is 76.7 Å². The Kier molecular flexibility index (Phi) is 4.95. The molecule has 0 radical (unpaired) electrons. The fraction of sp³-hybridized carbons (Fsp3) is 0.105. The second-order valence-electron chi connectivity index (χ2n) is 5.64. The topological polar surface area (TPSA) is 66.9 Å². The number of rotatable bonds is 4. The van der Waals surface area contributed by atoms with Crippen LogP contribution in [0.25, 0.3) is 0 Å². The number of halogens is 1. The van der Waals surface area contributed by atoms with Crippen LogP contribution < -0.4 is 10.6 Å². The van der Waals surface area contributed by atoms with Crippen molar-refractivity contribution >= 4 is 34.7 Å². The first kappa shape index (κ1) is 16.9. The summed E-state index contributed by atoms with van der Waals surface area (Å²) in [6.07, 6.45) is 2.95. The van der Waals surface area contributed by atoms with E-state index in [1.54, 1.807) is 24.3 Å². The van der Waals surface area contributed by atoms with Gasteiger partial charge in [0, 0.05) is 5.69 Å². The molecule has 0 aliphatic heterocycles. The highest BCUT2D eigenvalue weighted by Crippen LogP contribution is 2.21. The largest absolute Gasteiger partial charge is 0.339 e. The SMILES string of the molecule is Cc1ccc(Nc2cnc(C(=O)Nc3ccccc3Cl)cn2)cc1C.